The average molecular weight is 243 g/mol. The molecule has 0 aliphatic heterocycles. The smallest absolute Gasteiger partial charge is 0.135 e. The molecule has 1 aromatic carbocycles. The van der Waals surface area contributed by atoms with Crippen molar-refractivity contribution in [2.75, 3.05) is 6.61 Å². The molecule has 0 N–H and O–H groups in total. The summed E-state index contributed by atoms with van der Waals surface area (Å²) in [5, 5.41) is 0. The molecule has 1 atom stereocenters. The van der Waals surface area contributed by atoms with Gasteiger partial charge in [-0.05, 0) is 5.56 Å². The molecule has 0 bridgehead atoms. The maximum absolute atomic E-state index is 10.2. The summed E-state index contributed by atoms with van der Waals surface area (Å²) in [5.41, 5.74) is 1.12. The SMILES string of the molecule is O=CC(Br)COCc1ccccc1. The molecule has 0 saturated carbocycles. The van der Waals surface area contributed by atoms with Crippen LogP contribution in [0, 0.1) is 0 Å². The number of carbonyl (C=O) groups excluding carboxylic acids is 1. The highest BCUT2D eigenvalue weighted by Crippen LogP contribution is 2.02. The Labute approximate surface area is 86.0 Å². The minimum Gasteiger partial charge on any atom is -0.375 e. The number of alkyl halides is 1. The second-order valence-corrected chi connectivity index (χ2v) is 3.83. The van der Waals surface area contributed by atoms with Crippen molar-refractivity contribution >= 4 is 22.2 Å². The van der Waals surface area contributed by atoms with E-state index in [0.29, 0.717) is 13.2 Å². The van der Waals surface area contributed by atoms with E-state index in [-0.39, 0.29) is 4.83 Å². The van der Waals surface area contributed by atoms with Gasteiger partial charge < -0.3 is 9.53 Å². The standard InChI is InChI=1S/C10H11BrO2/c11-10(6-12)8-13-7-9-4-2-1-3-5-9/h1-6,10H,7-8H2. The van der Waals surface area contributed by atoms with Crippen LogP contribution >= 0.6 is 15.9 Å². The summed E-state index contributed by atoms with van der Waals surface area (Å²) in [6.45, 7) is 0.967. The van der Waals surface area contributed by atoms with Gasteiger partial charge in [-0.1, -0.05) is 46.3 Å². The molecule has 0 heterocycles. The van der Waals surface area contributed by atoms with Crippen molar-refractivity contribution in [1.29, 1.82) is 0 Å². The first-order chi connectivity index (χ1) is 6.33. The summed E-state index contributed by atoms with van der Waals surface area (Å²) in [6, 6.07) is 9.87. The van der Waals surface area contributed by atoms with Crippen LogP contribution in [0.25, 0.3) is 0 Å². The molecule has 1 rings (SSSR count). The fourth-order valence-corrected chi connectivity index (χ4v) is 1.09. The molecule has 0 aromatic heterocycles. The molecule has 0 aliphatic rings. The van der Waals surface area contributed by atoms with Crippen molar-refractivity contribution in [3.8, 4) is 0 Å². The average Bonchev–Trinajstić information content (AvgIpc) is 2.19. The van der Waals surface area contributed by atoms with Crippen LogP contribution < -0.4 is 0 Å². The molecule has 13 heavy (non-hydrogen) atoms. The Balaban J connectivity index is 2.24. The lowest BCUT2D eigenvalue weighted by molar-refractivity contribution is -0.108. The van der Waals surface area contributed by atoms with E-state index < -0.39 is 0 Å². The number of halogens is 1. The third-order valence-corrected chi connectivity index (χ3v) is 2.02. The Morgan fingerprint density at radius 1 is 1.38 bits per heavy atom. The lowest BCUT2D eigenvalue weighted by Crippen LogP contribution is -2.09. The molecule has 0 fully saturated rings. The van der Waals surface area contributed by atoms with Crippen LogP contribution in [0.2, 0.25) is 0 Å². The predicted molar refractivity (Wildman–Crippen MR) is 54.9 cm³/mol. The number of rotatable bonds is 5. The Hall–Kier alpha value is -0.670. The van der Waals surface area contributed by atoms with E-state index >= 15 is 0 Å². The van der Waals surface area contributed by atoms with Crippen LogP contribution in [-0.4, -0.2) is 17.7 Å². The number of benzene rings is 1. The van der Waals surface area contributed by atoms with Crippen LogP contribution in [-0.2, 0) is 16.1 Å². The van der Waals surface area contributed by atoms with Crippen molar-refractivity contribution < 1.29 is 9.53 Å². The maximum Gasteiger partial charge on any atom is 0.135 e. The first kappa shape index (κ1) is 10.4. The van der Waals surface area contributed by atoms with Crippen LogP contribution in [0.5, 0.6) is 0 Å². The minimum absolute atomic E-state index is 0.198. The second-order valence-electron chi connectivity index (χ2n) is 2.65. The zero-order valence-electron chi connectivity index (χ0n) is 7.15. The first-order valence-corrected chi connectivity index (χ1v) is 4.95. The Morgan fingerprint density at radius 2 is 2.08 bits per heavy atom. The van der Waals surface area contributed by atoms with Gasteiger partial charge in [0.25, 0.3) is 0 Å². The topological polar surface area (TPSA) is 26.3 Å². The normalized spacial score (nSPS) is 12.4. The third kappa shape index (κ3) is 4.20. The number of carbonyl (C=O) groups is 1. The maximum atomic E-state index is 10.2. The number of hydrogen-bond acceptors (Lipinski definition) is 2. The molecule has 70 valence electrons. The largest absolute Gasteiger partial charge is 0.375 e. The summed E-state index contributed by atoms with van der Waals surface area (Å²) < 4.78 is 5.29. The lowest BCUT2D eigenvalue weighted by Gasteiger charge is -2.04. The monoisotopic (exact) mass is 242 g/mol. The summed E-state index contributed by atoms with van der Waals surface area (Å²) in [7, 11) is 0. The molecule has 3 heteroatoms. The van der Waals surface area contributed by atoms with E-state index in [1.54, 1.807) is 0 Å². The van der Waals surface area contributed by atoms with Gasteiger partial charge in [0.1, 0.15) is 6.29 Å². The van der Waals surface area contributed by atoms with Gasteiger partial charge in [0.15, 0.2) is 0 Å². The van der Waals surface area contributed by atoms with E-state index in [9.17, 15) is 4.79 Å². The highest BCUT2D eigenvalue weighted by Gasteiger charge is 2.00. The molecule has 0 amide bonds. The fourth-order valence-electron chi connectivity index (χ4n) is 0.903. The van der Waals surface area contributed by atoms with Crippen molar-refractivity contribution in [3.05, 3.63) is 35.9 Å². The second kappa shape index (κ2) is 5.89. The van der Waals surface area contributed by atoms with E-state index in [1.165, 1.54) is 0 Å². The van der Waals surface area contributed by atoms with Crippen molar-refractivity contribution in [2.45, 2.75) is 11.4 Å². The zero-order chi connectivity index (χ0) is 9.52. The van der Waals surface area contributed by atoms with Crippen molar-refractivity contribution in [2.24, 2.45) is 0 Å². The van der Waals surface area contributed by atoms with Gasteiger partial charge in [-0.15, -0.1) is 0 Å². The van der Waals surface area contributed by atoms with Crippen molar-refractivity contribution in [3.63, 3.8) is 0 Å². The van der Waals surface area contributed by atoms with Crippen LogP contribution in [0.1, 0.15) is 5.56 Å². The molecule has 0 radical (unpaired) electrons. The van der Waals surface area contributed by atoms with Gasteiger partial charge in [0.2, 0.25) is 0 Å². The van der Waals surface area contributed by atoms with Gasteiger partial charge in [0.05, 0.1) is 18.0 Å². The van der Waals surface area contributed by atoms with E-state index in [2.05, 4.69) is 15.9 Å². The summed E-state index contributed by atoms with van der Waals surface area (Å²) in [6.07, 6.45) is 0.824. The number of aldehydes is 1. The molecular formula is C10H11BrO2. The van der Waals surface area contributed by atoms with E-state index in [4.69, 9.17) is 4.74 Å². The molecule has 0 aliphatic carbocycles. The molecular weight excluding hydrogens is 232 g/mol. The van der Waals surface area contributed by atoms with Gasteiger partial charge >= 0.3 is 0 Å². The molecule has 1 aromatic rings. The van der Waals surface area contributed by atoms with Crippen LogP contribution in [0.3, 0.4) is 0 Å². The zero-order valence-corrected chi connectivity index (χ0v) is 8.74. The predicted octanol–water partition coefficient (Wildman–Crippen LogP) is 2.17. The number of ether oxygens (including phenoxy) is 1. The number of hydrogen-bond donors (Lipinski definition) is 0. The molecule has 0 spiro atoms. The van der Waals surface area contributed by atoms with Gasteiger partial charge in [-0.3, -0.25) is 0 Å². The Bertz CT molecular complexity index is 248. The van der Waals surface area contributed by atoms with Gasteiger partial charge in [-0.2, -0.15) is 0 Å². The first-order valence-electron chi connectivity index (χ1n) is 4.04. The van der Waals surface area contributed by atoms with Crippen molar-refractivity contribution in [1.82, 2.24) is 0 Å². The van der Waals surface area contributed by atoms with Crippen LogP contribution in [0.4, 0.5) is 0 Å². The van der Waals surface area contributed by atoms with E-state index in [0.717, 1.165) is 11.8 Å². The summed E-state index contributed by atoms with van der Waals surface area (Å²) in [5.74, 6) is 0. The van der Waals surface area contributed by atoms with Crippen LogP contribution in [0.15, 0.2) is 30.3 Å². The van der Waals surface area contributed by atoms with Gasteiger partial charge in [0, 0.05) is 0 Å². The molecule has 2 nitrogen and oxygen atoms in total. The fraction of sp³-hybridized carbons (Fsp3) is 0.300. The Morgan fingerprint density at radius 3 is 2.69 bits per heavy atom. The van der Waals surface area contributed by atoms with E-state index in [1.807, 2.05) is 30.3 Å². The molecule has 0 saturated heterocycles. The highest BCUT2D eigenvalue weighted by molar-refractivity contribution is 9.10. The van der Waals surface area contributed by atoms with Gasteiger partial charge in [-0.25, -0.2) is 0 Å². The lowest BCUT2D eigenvalue weighted by atomic mass is 10.2. The third-order valence-electron chi connectivity index (χ3n) is 1.54. The minimum atomic E-state index is -0.198. The Kier molecular flexibility index (Phi) is 4.72. The molecule has 1 unspecified atom stereocenters. The summed E-state index contributed by atoms with van der Waals surface area (Å²) in [4.78, 5) is 10.0. The highest BCUT2D eigenvalue weighted by atomic mass is 79.9. The quantitative estimate of drug-likeness (QED) is 0.585. The summed E-state index contributed by atoms with van der Waals surface area (Å²) >= 11 is 3.16.